The van der Waals surface area contributed by atoms with Gasteiger partial charge in [-0.25, -0.2) is 0 Å². The Morgan fingerprint density at radius 3 is 2.72 bits per heavy atom. The van der Waals surface area contributed by atoms with Gasteiger partial charge in [-0.15, -0.1) is 0 Å². The van der Waals surface area contributed by atoms with E-state index in [0.29, 0.717) is 23.7 Å². The summed E-state index contributed by atoms with van der Waals surface area (Å²) >= 11 is 0. The van der Waals surface area contributed by atoms with Gasteiger partial charge in [-0.05, 0) is 42.3 Å². The molecule has 2 aromatic carbocycles. The topological polar surface area (TPSA) is 50.8 Å². The molecule has 0 saturated carbocycles. The Labute approximate surface area is 147 Å². The van der Waals surface area contributed by atoms with Gasteiger partial charge in [0.05, 0.1) is 12.7 Å². The second-order valence-electron chi connectivity index (χ2n) is 6.16. The number of ether oxygens (including phenoxy) is 2. The van der Waals surface area contributed by atoms with E-state index in [2.05, 4.69) is 11.9 Å². The molecule has 0 radical (unpaired) electrons. The molecule has 1 heterocycles. The van der Waals surface area contributed by atoms with Gasteiger partial charge in [-0.3, -0.25) is 4.79 Å². The van der Waals surface area contributed by atoms with Gasteiger partial charge in [0, 0.05) is 12.7 Å². The van der Waals surface area contributed by atoms with Crippen LogP contribution in [-0.4, -0.2) is 31.6 Å². The fourth-order valence-corrected chi connectivity index (χ4v) is 2.83. The molecule has 0 fully saturated rings. The van der Waals surface area contributed by atoms with Crippen LogP contribution in [-0.2, 0) is 0 Å². The van der Waals surface area contributed by atoms with Crippen molar-refractivity contribution in [3.05, 3.63) is 65.7 Å². The zero-order valence-electron chi connectivity index (χ0n) is 14.7. The molecule has 1 atom stereocenters. The van der Waals surface area contributed by atoms with Crippen molar-refractivity contribution in [2.24, 2.45) is 0 Å². The first kappa shape index (κ1) is 16.9. The summed E-state index contributed by atoms with van der Waals surface area (Å²) < 4.78 is 11.2. The van der Waals surface area contributed by atoms with Gasteiger partial charge in [0.25, 0.3) is 5.91 Å². The molecule has 0 aliphatic carbocycles. The Kier molecular flexibility index (Phi) is 4.65. The van der Waals surface area contributed by atoms with E-state index in [1.807, 2.05) is 49.4 Å². The normalized spacial score (nSPS) is 16.0. The molecule has 5 heteroatoms. The third kappa shape index (κ3) is 3.31. The van der Waals surface area contributed by atoms with E-state index in [9.17, 15) is 4.79 Å². The molecular formula is C20H22N2O3. The number of nitrogens with zero attached hydrogens (tertiary/aromatic N) is 1. The first-order valence-corrected chi connectivity index (χ1v) is 8.09. The van der Waals surface area contributed by atoms with Crippen LogP contribution < -0.4 is 14.8 Å². The molecule has 1 aliphatic rings. The van der Waals surface area contributed by atoms with Crippen molar-refractivity contribution in [1.29, 1.82) is 0 Å². The van der Waals surface area contributed by atoms with E-state index in [1.165, 1.54) is 0 Å². The first-order chi connectivity index (χ1) is 12.0. The summed E-state index contributed by atoms with van der Waals surface area (Å²) in [5, 5.41) is 3.41. The van der Waals surface area contributed by atoms with E-state index >= 15 is 0 Å². The fraction of sp³-hybridized carbons (Fsp3) is 0.250. The molecule has 3 rings (SSSR count). The zero-order valence-corrected chi connectivity index (χ0v) is 14.7. The monoisotopic (exact) mass is 338 g/mol. The summed E-state index contributed by atoms with van der Waals surface area (Å²) in [6.45, 7) is 6.18. The second kappa shape index (κ2) is 6.89. The molecule has 0 spiro atoms. The Morgan fingerprint density at radius 2 is 2.00 bits per heavy atom. The summed E-state index contributed by atoms with van der Waals surface area (Å²) in [5.41, 5.74) is 3.36. The third-order valence-electron chi connectivity index (χ3n) is 4.13. The number of anilines is 1. The number of hydrogen-bond donors (Lipinski definition) is 1. The lowest BCUT2D eigenvalue weighted by Gasteiger charge is -2.35. The van der Waals surface area contributed by atoms with E-state index in [-0.39, 0.29) is 12.1 Å². The summed E-state index contributed by atoms with van der Waals surface area (Å²) in [4.78, 5) is 14.3. The first-order valence-electron chi connectivity index (χ1n) is 8.09. The maximum absolute atomic E-state index is 12.6. The second-order valence-corrected chi connectivity index (χ2v) is 6.16. The molecule has 0 aromatic heterocycles. The molecule has 130 valence electrons. The Balaban J connectivity index is 1.91. The number of benzene rings is 2. The Bertz CT molecular complexity index is 816. The van der Waals surface area contributed by atoms with Crippen LogP contribution in [0.2, 0.25) is 0 Å². The van der Waals surface area contributed by atoms with Crippen molar-refractivity contribution in [3.8, 4) is 11.5 Å². The number of para-hydroxylation sites is 1. The molecular weight excluding hydrogens is 316 g/mol. The predicted octanol–water partition coefficient (Wildman–Crippen LogP) is 3.85. The lowest BCUT2D eigenvalue weighted by Crippen LogP contribution is -2.40. The van der Waals surface area contributed by atoms with Gasteiger partial charge in [0.1, 0.15) is 12.8 Å². The molecule has 1 amide bonds. The number of nitrogens with one attached hydrogen (secondary N) is 1. The lowest BCUT2D eigenvalue weighted by atomic mass is 10.0. The number of methoxy groups -OCH3 is 1. The standard InChI is InChI=1S/C20H22N2O3/c1-13(2)12-25-17-10-9-14(11-18(17)24-4)19-21-16-8-6-5-7-15(16)20(23)22(19)3/h5-11,19,21H,1,12H2,2-4H3. The van der Waals surface area contributed by atoms with E-state index in [0.717, 1.165) is 16.8 Å². The molecule has 1 unspecified atom stereocenters. The van der Waals surface area contributed by atoms with E-state index < -0.39 is 0 Å². The lowest BCUT2D eigenvalue weighted by molar-refractivity contribution is 0.0735. The van der Waals surface area contributed by atoms with Crippen LogP contribution in [0.1, 0.15) is 29.0 Å². The van der Waals surface area contributed by atoms with Gasteiger partial charge >= 0.3 is 0 Å². The Hall–Kier alpha value is -2.95. The minimum Gasteiger partial charge on any atom is -0.493 e. The summed E-state index contributed by atoms with van der Waals surface area (Å²) in [5.74, 6) is 1.26. The van der Waals surface area contributed by atoms with Crippen LogP contribution in [0.3, 0.4) is 0 Å². The van der Waals surface area contributed by atoms with Crippen molar-refractivity contribution >= 4 is 11.6 Å². The SMILES string of the molecule is C=C(C)COc1ccc(C2Nc3ccccc3C(=O)N2C)cc1OC. The quantitative estimate of drug-likeness (QED) is 0.842. The summed E-state index contributed by atoms with van der Waals surface area (Å²) in [6, 6.07) is 13.2. The average molecular weight is 338 g/mol. The third-order valence-corrected chi connectivity index (χ3v) is 4.13. The largest absolute Gasteiger partial charge is 0.493 e. The van der Waals surface area contributed by atoms with E-state index in [1.54, 1.807) is 19.1 Å². The Morgan fingerprint density at radius 1 is 1.24 bits per heavy atom. The number of fused-ring (bicyclic) bond motifs is 1. The van der Waals surface area contributed by atoms with Crippen LogP contribution >= 0.6 is 0 Å². The number of rotatable bonds is 5. The molecule has 2 aromatic rings. The average Bonchev–Trinajstić information content (AvgIpc) is 2.62. The number of amides is 1. The van der Waals surface area contributed by atoms with Crippen molar-refractivity contribution in [3.63, 3.8) is 0 Å². The fourth-order valence-electron chi connectivity index (χ4n) is 2.83. The predicted molar refractivity (Wildman–Crippen MR) is 98.2 cm³/mol. The van der Waals surface area contributed by atoms with Gasteiger partial charge in [0.15, 0.2) is 11.5 Å². The van der Waals surface area contributed by atoms with Crippen LogP contribution in [0.4, 0.5) is 5.69 Å². The summed E-state index contributed by atoms with van der Waals surface area (Å²) in [7, 11) is 3.39. The van der Waals surface area contributed by atoms with Crippen LogP contribution in [0.15, 0.2) is 54.6 Å². The van der Waals surface area contributed by atoms with Crippen LogP contribution in [0.25, 0.3) is 0 Å². The highest BCUT2D eigenvalue weighted by Crippen LogP contribution is 2.36. The van der Waals surface area contributed by atoms with Crippen molar-refractivity contribution in [2.45, 2.75) is 13.1 Å². The molecule has 0 bridgehead atoms. The van der Waals surface area contributed by atoms with Gasteiger partial charge < -0.3 is 19.7 Å². The highest BCUT2D eigenvalue weighted by atomic mass is 16.5. The maximum atomic E-state index is 12.6. The molecule has 25 heavy (non-hydrogen) atoms. The van der Waals surface area contributed by atoms with Gasteiger partial charge in [-0.1, -0.05) is 24.8 Å². The summed E-state index contributed by atoms with van der Waals surface area (Å²) in [6.07, 6.45) is -0.272. The minimum absolute atomic E-state index is 0.0130. The maximum Gasteiger partial charge on any atom is 0.257 e. The molecule has 1 N–H and O–H groups in total. The van der Waals surface area contributed by atoms with Crippen molar-refractivity contribution in [2.75, 3.05) is 26.1 Å². The van der Waals surface area contributed by atoms with Crippen molar-refractivity contribution in [1.82, 2.24) is 4.90 Å². The van der Waals surface area contributed by atoms with Crippen LogP contribution in [0.5, 0.6) is 11.5 Å². The number of carbonyl (C=O) groups excluding carboxylic acids is 1. The van der Waals surface area contributed by atoms with Gasteiger partial charge in [-0.2, -0.15) is 0 Å². The zero-order chi connectivity index (χ0) is 18.0. The highest BCUT2D eigenvalue weighted by molar-refractivity contribution is 6.01. The highest BCUT2D eigenvalue weighted by Gasteiger charge is 2.30. The van der Waals surface area contributed by atoms with Crippen LogP contribution in [0, 0.1) is 0 Å². The molecule has 0 saturated heterocycles. The molecule has 5 nitrogen and oxygen atoms in total. The van der Waals surface area contributed by atoms with E-state index in [4.69, 9.17) is 9.47 Å². The van der Waals surface area contributed by atoms with Crippen molar-refractivity contribution < 1.29 is 14.3 Å². The smallest absolute Gasteiger partial charge is 0.257 e. The van der Waals surface area contributed by atoms with Gasteiger partial charge in [0.2, 0.25) is 0 Å². The molecule has 1 aliphatic heterocycles. The number of carbonyl (C=O) groups is 1. The minimum atomic E-state index is -0.272. The number of hydrogen-bond acceptors (Lipinski definition) is 4.